The first kappa shape index (κ1) is 16.4. The van der Waals surface area contributed by atoms with Gasteiger partial charge in [0.2, 0.25) is 10.0 Å². The molecule has 2 heterocycles. The van der Waals surface area contributed by atoms with Crippen LogP contribution in [0.15, 0.2) is 10.3 Å². The van der Waals surface area contributed by atoms with Crippen molar-refractivity contribution in [2.24, 2.45) is 0 Å². The van der Waals surface area contributed by atoms with Crippen molar-refractivity contribution in [3.8, 4) is 0 Å². The van der Waals surface area contributed by atoms with Crippen molar-refractivity contribution in [3.05, 3.63) is 16.5 Å². The fourth-order valence-corrected chi connectivity index (χ4v) is 4.55. The summed E-state index contributed by atoms with van der Waals surface area (Å²) in [7, 11) is -1.76. The standard InChI is InChI=1S/C12H18N2O5S2/c1-8-5-10(20-11(8)12(15)16)21(17,18)13-6-9-7-14(2)3-4-19-9/h5,9,13H,3-4,6-7H2,1-2H3,(H,15,16). The van der Waals surface area contributed by atoms with Gasteiger partial charge < -0.3 is 14.7 Å². The average Bonchev–Trinajstić information content (AvgIpc) is 2.80. The van der Waals surface area contributed by atoms with Gasteiger partial charge in [-0.3, -0.25) is 0 Å². The highest BCUT2D eigenvalue weighted by molar-refractivity contribution is 7.91. The van der Waals surface area contributed by atoms with Crippen LogP contribution < -0.4 is 4.72 Å². The Morgan fingerprint density at radius 3 is 2.90 bits per heavy atom. The lowest BCUT2D eigenvalue weighted by atomic mass is 10.3. The van der Waals surface area contributed by atoms with Crippen molar-refractivity contribution in [2.75, 3.05) is 33.3 Å². The highest BCUT2D eigenvalue weighted by atomic mass is 32.2. The van der Waals surface area contributed by atoms with Crippen molar-refractivity contribution in [2.45, 2.75) is 17.2 Å². The van der Waals surface area contributed by atoms with Gasteiger partial charge in [0.25, 0.3) is 0 Å². The second-order valence-corrected chi connectivity index (χ2v) is 8.04. The van der Waals surface area contributed by atoms with Crippen LogP contribution in [-0.2, 0) is 14.8 Å². The number of morpholine rings is 1. The molecule has 1 aromatic heterocycles. The third-order valence-corrected chi connectivity index (χ3v) is 6.32. The number of carboxylic acids is 1. The molecule has 7 nitrogen and oxygen atoms in total. The van der Waals surface area contributed by atoms with E-state index in [1.807, 2.05) is 7.05 Å². The third kappa shape index (κ3) is 4.01. The zero-order valence-electron chi connectivity index (χ0n) is 11.8. The number of ether oxygens (including phenoxy) is 1. The maximum atomic E-state index is 12.2. The summed E-state index contributed by atoms with van der Waals surface area (Å²) < 4.78 is 32.3. The Hall–Kier alpha value is -1.00. The molecule has 118 valence electrons. The van der Waals surface area contributed by atoms with Gasteiger partial charge in [0.05, 0.1) is 12.7 Å². The normalized spacial score (nSPS) is 20.6. The number of likely N-dealkylation sites (N-methyl/N-ethyl adjacent to an activating group) is 1. The van der Waals surface area contributed by atoms with Crippen LogP contribution in [0.25, 0.3) is 0 Å². The quantitative estimate of drug-likeness (QED) is 0.807. The van der Waals surface area contributed by atoms with E-state index in [9.17, 15) is 13.2 Å². The van der Waals surface area contributed by atoms with Crippen molar-refractivity contribution >= 4 is 27.3 Å². The van der Waals surface area contributed by atoms with Gasteiger partial charge in [-0.15, -0.1) is 11.3 Å². The summed E-state index contributed by atoms with van der Waals surface area (Å²) in [6.07, 6.45) is -0.196. The van der Waals surface area contributed by atoms with E-state index < -0.39 is 16.0 Å². The zero-order chi connectivity index (χ0) is 15.6. The Labute approximate surface area is 127 Å². The Morgan fingerprint density at radius 1 is 1.62 bits per heavy atom. The topological polar surface area (TPSA) is 95.9 Å². The SMILES string of the molecule is Cc1cc(S(=O)(=O)NCC2CN(C)CCO2)sc1C(=O)O. The van der Waals surface area contributed by atoms with E-state index in [-0.39, 0.29) is 21.7 Å². The molecule has 21 heavy (non-hydrogen) atoms. The molecule has 2 N–H and O–H groups in total. The van der Waals surface area contributed by atoms with E-state index in [2.05, 4.69) is 9.62 Å². The molecule has 1 atom stereocenters. The lowest BCUT2D eigenvalue weighted by molar-refractivity contribution is -0.0156. The van der Waals surface area contributed by atoms with Gasteiger partial charge >= 0.3 is 5.97 Å². The van der Waals surface area contributed by atoms with Crippen LogP contribution in [-0.4, -0.2) is 63.8 Å². The number of hydrogen-bond acceptors (Lipinski definition) is 6. The van der Waals surface area contributed by atoms with Crippen LogP contribution in [0.3, 0.4) is 0 Å². The van der Waals surface area contributed by atoms with Crippen LogP contribution in [0.5, 0.6) is 0 Å². The molecule has 1 fully saturated rings. The average molecular weight is 334 g/mol. The van der Waals surface area contributed by atoms with Crippen LogP contribution in [0.2, 0.25) is 0 Å². The molecular weight excluding hydrogens is 316 g/mol. The number of hydrogen-bond donors (Lipinski definition) is 2. The molecule has 1 aliphatic heterocycles. The zero-order valence-corrected chi connectivity index (χ0v) is 13.5. The molecule has 0 spiro atoms. The number of carboxylic acid groups (broad SMARTS) is 1. The highest BCUT2D eigenvalue weighted by Crippen LogP contribution is 2.25. The fourth-order valence-electron chi connectivity index (χ4n) is 2.06. The molecule has 1 saturated heterocycles. The van der Waals surface area contributed by atoms with Crippen LogP contribution in [0.1, 0.15) is 15.2 Å². The summed E-state index contributed by atoms with van der Waals surface area (Å²) in [5.74, 6) is -1.11. The van der Waals surface area contributed by atoms with Crippen LogP contribution in [0.4, 0.5) is 0 Å². The van der Waals surface area contributed by atoms with Crippen LogP contribution in [0, 0.1) is 6.92 Å². The lowest BCUT2D eigenvalue weighted by Crippen LogP contribution is -2.45. The largest absolute Gasteiger partial charge is 0.477 e. The number of sulfonamides is 1. The van der Waals surface area contributed by atoms with Gasteiger partial charge in [-0.2, -0.15) is 0 Å². The summed E-state index contributed by atoms with van der Waals surface area (Å²) in [6, 6.07) is 1.38. The van der Waals surface area contributed by atoms with E-state index in [0.717, 1.165) is 17.9 Å². The van der Waals surface area contributed by atoms with Crippen LogP contribution >= 0.6 is 11.3 Å². The molecular formula is C12H18N2O5S2. The molecule has 2 rings (SSSR count). The molecule has 1 aromatic rings. The molecule has 0 aliphatic carbocycles. The summed E-state index contributed by atoms with van der Waals surface area (Å²) in [5.41, 5.74) is 0.446. The maximum absolute atomic E-state index is 12.2. The van der Waals surface area contributed by atoms with Gasteiger partial charge in [-0.25, -0.2) is 17.9 Å². The smallest absolute Gasteiger partial charge is 0.346 e. The van der Waals surface area contributed by atoms with E-state index in [4.69, 9.17) is 9.84 Å². The van der Waals surface area contributed by atoms with Crippen molar-refractivity contribution in [1.29, 1.82) is 0 Å². The second-order valence-electron chi connectivity index (χ2n) is 4.99. The highest BCUT2D eigenvalue weighted by Gasteiger charge is 2.24. The summed E-state index contributed by atoms with van der Waals surface area (Å²) in [6.45, 7) is 3.82. The number of nitrogens with one attached hydrogen (secondary N) is 1. The number of rotatable bonds is 5. The molecule has 1 unspecified atom stereocenters. The Balaban J connectivity index is 2.04. The Morgan fingerprint density at radius 2 is 2.33 bits per heavy atom. The lowest BCUT2D eigenvalue weighted by Gasteiger charge is -2.29. The number of aryl methyl sites for hydroxylation is 1. The van der Waals surface area contributed by atoms with Gasteiger partial charge in [0.15, 0.2) is 0 Å². The minimum Gasteiger partial charge on any atom is -0.477 e. The van der Waals surface area contributed by atoms with E-state index >= 15 is 0 Å². The molecule has 1 aliphatic rings. The van der Waals surface area contributed by atoms with Gasteiger partial charge in [-0.1, -0.05) is 0 Å². The van der Waals surface area contributed by atoms with E-state index in [0.29, 0.717) is 18.7 Å². The molecule has 0 radical (unpaired) electrons. The molecule has 0 aromatic carbocycles. The molecule has 9 heteroatoms. The summed E-state index contributed by atoms with van der Waals surface area (Å²) in [4.78, 5) is 13.1. The number of nitrogens with zero attached hydrogens (tertiary/aromatic N) is 1. The first-order chi connectivity index (χ1) is 9.79. The summed E-state index contributed by atoms with van der Waals surface area (Å²) >= 11 is 0.760. The number of aromatic carboxylic acids is 1. The first-order valence-corrected chi connectivity index (χ1v) is 8.73. The van der Waals surface area contributed by atoms with Crippen molar-refractivity contribution < 1.29 is 23.1 Å². The first-order valence-electron chi connectivity index (χ1n) is 6.43. The number of carbonyl (C=O) groups is 1. The van der Waals surface area contributed by atoms with E-state index in [1.165, 1.54) is 6.07 Å². The van der Waals surface area contributed by atoms with Crippen molar-refractivity contribution in [3.63, 3.8) is 0 Å². The Bertz CT molecular complexity index is 626. The van der Waals surface area contributed by atoms with Gasteiger partial charge in [-0.05, 0) is 25.6 Å². The second kappa shape index (κ2) is 6.41. The predicted octanol–water partition coefficient (Wildman–Crippen LogP) is 0.364. The fraction of sp³-hybridized carbons (Fsp3) is 0.583. The number of thiophene rings is 1. The molecule has 0 bridgehead atoms. The van der Waals surface area contributed by atoms with E-state index in [1.54, 1.807) is 6.92 Å². The maximum Gasteiger partial charge on any atom is 0.346 e. The van der Waals surface area contributed by atoms with Gasteiger partial charge in [0.1, 0.15) is 9.09 Å². The minimum absolute atomic E-state index is 0.0153. The monoisotopic (exact) mass is 334 g/mol. The third-order valence-electron chi connectivity index (χ3n) is 3.20. The molecule has 0 saturated carbocycles. The molecule has 0 amide bonds. The predicted molar refractivity (Wildman–Crippen MR) is 78.4 cm³/mol. The van der Waals surface area contributed by atoms with Gasteiger partial charge in [0, 0.05) is 19.6 Å². The van der Waals surface area contributed by atoms with Crippen molar-refractivity contribution in [1.82, 2.24) is 9.62 Å². The Kier molecular flexibility index (Phi) is 4.99. The summed E-state index contributed by atoms with van der Waals surface area (Å²) in [5, 5.41) is 8.98. The minimum atomic E-state index is -3.71.